The number of para-hydroxylation sites is 4. The Morgan fingerprint density at radius 2 is 2.00 bits per heavy atom. The molecule has 0 unspecified atom stereocenters. The lowest BCUT2D eigenvalue weighted by Gasteiger charge is -2.03. The van der Waals surface area contributed by atoms with Crippen LogP contribution in [0.15, 0.2) is 53.6 Å². The number of hydrogen-bond donors (Lipinski definition) is 1. The van der Waals surface area contributed by atoms with Crippen molar-refractivity contribution in [3.8, 4) is 6.07 Å². The fraction of sp³-hybridized carbons (Fsp3) is 0.0625. The fourth-order valence-electron chi connectivity index (χ4n) is 2.33. The SMILES string of the molecule is Cn1c(/C(C#N)=N/Nc2ccccc2[N+](=O)[O-])nc2ccccc21. The molecule has 0 saturated carbocycles. The van der Waals surface area contributed by atoms with E-state index in [4.69, 9.17) is 0 Å². The van der Waals surface area contributed by atoms with Gasteiger partial charge in [-0.1, -0.05) is 24.3 Å². The molecule has 0 radical (unpaired) electrons. The Hall–Kier alpha value is -3.73. The van der Waals surface area contributed by atoms with Gasteiger partial charge >= 0.3 is 0 Å². The summed E-state index contributed by atoms with van der Waals surface area (Å²) in [7, 11) is 1.78. The molecule has 0 amide bonds. The highest BCUT2D eigenvalue weighted by molar-refractivity contribution is 6.11. The van der Waals surface area contributed by atoms with Crippen molar-refractivity contribution >= 4 is 28.1 Å². The second-order valence-electron chi connectivity index (χ2n) is 4.94. The lowest BCUT2D eigenvalue weighted by Crippen LogP contribution is -2.09. The van der Waals surface area contributed by atoms with Gasteiger partial charge in [-0.05, 0) is 18.2 Å². The van der Waals surface area contributed by atoms with Crippen molar-refractivity contribution in [2.75, 3.05) is 5.43 Å². The number of aryl methyl sites for hydroxylation is 1. The number of nitro benzene ring substituents is 1. The summed E-state index contributed by atoms with van der Waals surface area (Å²) in [5.41, 5.74) is 4.30. The standard InChI is InChI=1S/C16H12N6O2/c1-21-14-8-4-2-6-11(14)18-16(21)13(10-17)20-19-12-7-3-5-9-15(12)22(23)24/h2-9,19H,1H3/b20-13+. The third-order valence-corrected chi connectivity index (χ3v) is 3.49. The number of benzene rings is 2. The van der Waals surface area contributed by atoms with E-state index in [1.165, 1.54) is 12.1 Å². The Bertz CT molecular complexity index is 999. The molecule has 8 nitrogen and oxygen atoms in total. The molecule has 2 aromatic carbocycles. The zero-order valence-electron chi connectivity index (χ0n) is 12.7. The van der Waals surface area contributed by atoms with Gasteiger partial charge in [0.25, 0.3) is 5.69 Å². The van der Waals surface area contributed by atoms with Gasteiger partial charge in [0.1, 0.15) is 11.8 Å². The number of hydrogen-bond acceptors (Lipinski definition) is 6. The molecular formula is C16H12N6O2. The van der Waals surface area contributed by atoms with E-state index in [0.717, 1.165) is 11.0 Å². The van der Waals surface area contributed by atoms with Crippen LogP contribution in [0.3, 0.4) is 0 Å². The van der Waals surface area contributed by atoms with E-state index in [1.807, 2.05) is 30.3 Å². The molecular weight excluding hydrogens is 308 g/mol. The molecule has 0 aliphatic carbocycles. The molecule has 3 rings (SSSR count). The number of rotatable bonds is 4. The zero-order chi connectivity index (χ0) is 17.1. The summed E-state index contributed by atoms with van der Waals surface area (Å²) >= 11 is 0. The van der Waals surface area contributed by atoms with Crippen LogP contribution in [0.4, 0.5) is 11.4 Å². The minimum absolute atomic E-state index is 0.0341. The van der Waals surface area contributed by atoms with E-state index < -0.39 is 4.92 Å². The average Bonchev–Trinajstić information content (AvgIpc) is 2.93. The molecule has 8 heteroatoms. The summed E-state index contributed by atoms with van der Waals surface area (Å²) in [6.07, 6.45) is 0. The van der Waals surface area contributed by atoms with Crippen LogP contribution in [0.25, 0.3) is 11.0 Å². The fourth-order valence-corrected chi connectivity index (χ4v) is 2.33. The predicted molar refractivity (Wildman–Crippen MR) is 89.6 cm³/mol. The van der Waals surface area contributed by atoms with Gasteiger partial charge in [-0.25, -0.2) is 4.98 Å². The molecule has 1 aromatic heterocycles. The number of nitriles is 1. The van der Waals surface area contributed by atoms with E-state index in [9.17, 15) is 15.4 Å². The van der Waals surface area contributed by atoms with Crippen LogP contribution < -0.4 is 5.43 Å². The summed E-state index contributed by atoms with van der Waals surface area (Å²) in [6.45, 7) is 0. The van der Waals surface area contributed by atoms with E-state index in [-0.39, 0.29) is 17.1 Å². The van der Waals surface area contributed by atoms with Gasteiger partial charge in [0, 0.05) is 13.1 Å². The molecule has 0 saturated heterocycles. The second-order valence-corrected chi connectivity index (χ2v) is 4.94. The highest BCUT2D eigenvalue weighted by atomic mass is 16.6. The zero-order valence-corrected chi connectivity index (χ0v) is 12.7. The van der Waals surface area contributed by atoms with Crippen molar-refractivity contribution in [1.29, 1.82) is 5.26 Å². The van der Waals surface area contributed by atoms with Crippen LogP contribution in [0.1, 0.15) is 5.82 Å². The maximum atomic E-state index is 11.0. The Kier molecular flexibility index (Phi) is 3.91. The van der Waals surface area contributed by atoms with Crippen molar-refractivity contribution in [3.63, 3.8) is 0 Å². The highest BCUT2D eigenvalue weighted by Crippen LogP contribution is 2.23. The average molecular weight is 320 g/mol. The Morgan fingerprint density at radius 1 is 1.29 bits per heavy atom. The first kappa shape index (κ1) is 15.2. The number of imidazole rings is 1. The first-order chi connectivity index (χ1) is 11.6. The molecule has 0 bridgehead atoms. The number of anilines is 1. The minimum atomic E-state index is -0.515. The molecule has 0 aliphatic rings. The van der Waals surface area contributed by atoms with Gasteiger partial charge in [0.15, 0.2) is 5.82 Å². The first-order valence-electron chi connectivity index (χ1n) is 7.01. The molecule has 3 aromatic rings. The number of nitrogens with one attached hydrogen (secondary N) is 1. The van der Waals surface area contributed by atoms with Gasteiger partial charge in [-0.15, -0.1) is 0 Å². The van der Waals surface area contributed by atoms with Gasteiger partial charge in [0.2, 0.25) is 5.71 Å². The Balaban J connectivity index is 2.00. The van der Waals surface area contributed by atoms with Crippen LogP contribution in [0.2, 0.25) is 0 Å². The van der Waals surface area contributed by atoms with Crippen LogP contribution in [-0.4, -0.2) is 20.2 Å². The van der Waals surface area contributed by atoms with Crippen molar-refractivity contribution in [3.05, 3.63) is 64.5 Å². The summed E-state index contributed by atoms with van der Waals surface area (Å²) < 4.78 is 1.75. The lowest BCUT2D eigenvalue weighted by atomic mass is 10.3. The minimum Gasteiger partial charge on any atom is -0.325 e. The number of fused-ring (bicyclic) bond motifs is 1. The van der Waals surface area contributed by atoms with E-state index in [1.54, 1.807) is 23.7 Å². The van der Waals surface area contributed by atoms with Crippen LogP contribution >= 0.6 is 0 Å². The van der Waals surface area contributed by atoms with E-state index >= 15 is 0 Å². The number of aromatic nitrogens is 2. The van der Waals surface area contributed by atoms with Gasteiger partial charge in [-0.2, -0.15) is 10.4 Å². The molecule has 0 spiro atoms. The third kappa shape index (κ3) is 2.66. The molecule has 1 N–H and O–H groups in total. The highest BCUT2D eigenvalue weighted by Gasteiger charge is 2.15. The van der Waals surface area contributed by atoms with Crippen LogP contribution in [-0.2, 0) is 7.05 Å². The maximum Gasteiger partial charge on any atom is 0.294 e. The van der Waals surface area contributed by atoms with E-state index in [2.05, 4.69) is 15.5 Å². The summed E-state index contributed by atoms with van der Waals surface area (Å²) in [4.78, 5) is 14.9. The normalized spacial score (nSPS) is 11.2. The predicted octanol–water partition coefficient (Wildman–Crippen LogP) is 2.82. The molecule has 118 valence electrons. The maximum absolute atomic E-state index is 11.0. The van der Waals surface area contributed by atoms with Crippen molar-refractivity contribution in [1.82, 2.24) is 9.55 Å². The Labute approximate surface area is 136 Å². The molecule has 24 heavy (non-hydrogen) atoms. The number of nitro groups is 1. The number of hydrazone groups is 1. The molecule has 1 heterocycles. The van der Waals surface area contributed by atoms with E-state index in [0.29, 0.717) is 5.82 Å². The quantitative estimate of drug-likeness (QED) is 0.451. The summed E-state index contributed by atoms with van der Waals surface area (Å²) in [5, 5.41) is 24.4. The molecule has 0 atom stereocenters. The summed E-state index contributed by atoms with van der Waals surface area (Å²) in [6, 6.07) is 15.5. The topological polar surface area (TPSA) is 109 Å². The third-order valence-electron chi connectivity index (χ3n) is 3.49. The number of nitrogens with zero attached hydrogens (tertiary/aromatic N) is 5. The van der Waals surface area contributed by atoms with Gasteiger partial charge < -0.3 is 4.57 Å². The smallest absolute Gasteiger partial charge is 0.294 e. The summed E-state index contributed by atoms with van der Waals surface area (Å²) in [5.74, 6) is 0.379. The lowest BCUT2D eigenvalue weighted by molar-refractivity contribution is -0.384. The van der Waals surface area contributed by atoms with Crippen molar-refractivity contribution in [2.45, 2.75) is 0 Å². The van der Waals surface area contributed by atoms with Crippen LogP contribution in [0, 0.1) is 21.4 Å². The van der Waals surface area contributed by atoms with Gasteiger partial charge in [-0.3, -0.25) is 15.5 Å². The monoisotopic (exact) mass is 320 g/mol. The van der Waals surface area contributed by atoms with Crippen molar-refractivity contribution in [2.24, 2.45) is 12.1 Å². The van der Waals surface area contributed by atoms with Gasteiger partial charge in [0.05, 0.1) is 16.0 Å². The molecule has 0 fully saturated rings. The first-order valence-corrected chi connectivity index (χ1v) is 7.01. The van der Waals surface area contributed by atoms with Crippen molar-refractivity contribution < 1.29 is 4.92 Å². The van der Waals surface area contributed by atoms with Crippen LogP contribution in [0.5, 0.6) is 0 Å². The molecule has 0 aliphatic heterocycles. The second kappa shape index (κ2) is 6.18. The Morgan fingerprint density at radius 3 is 2.71 bits per heavy atom. The largest absolute Gasteiger partial charge is 0.325 e.